The zero-order valence-electron chi connectivity index (χ0n) is 14.7. The van der Waals surface area contributed by atoms with Crippen LogP contribution in [-0.4, -0.2) is 52.9 Å². The Balaban J connectivity index is 0.000000190. The number of para-hydroxylation sites is 2. The lowest BCUT2D eigenvalue weighted by Gasteiger charge is -2.32. The Bertz CT molecular complexity index is 698. The van der Waals surface area contributed by atoms with Crippen LogP contribution in [0.5, 0.6) is 0 Å². The van der Waals surface area contributed by atoms with Crippen molar-refractivity contribution in [3.8, 4) is 0 Å². The van der Waals surface area contributed by atoms with Gasteiger partial charge in [0, 0.05) is 44.9 Å². The molecule has 1 heterocycles. The molecule has 0 aromatic heterocycles. The molecule has 1 aliphatic rings. The highest BCUT2D eigenvalue weighted by Crippen LogP contribution is 2.24. The summed E-state index contributed by atoms with van der Waals surface area (Å²) in [5.74, 6) is 0. The molecule has 0 aliphatic carbocycles. The van der Waals surface area contributed by atoms with Gasteiger partial charge in [-0.1, -0.05) is 42.5 Å². The molecule has 3 rings (SSSR count). The number of piperazine rings is 1. The van der Waals surface area contributed by atoms with Crippen molar-refractivity contribution >= 4 is 11.4 Å². The summed E-state index contributed by atoms with van der Waals surface area (Å²) in [6.07, 6.45) is 0. The summed E-state index contributed by atoms with van der Waals surface area (Å²) in [7, 11) is 2.19. The van der Waals surface area contributed by atoms with E-state index in [1.807, 2.05) is 0 Å². The van der Waals surface area contributed by atoms with Gasteiger partial charge in [0.25, 0.3) is 0 Å². The fourth-order valence-corrected chi connectivity index (χ4v) is 2.62. The number of likely N-dealkylation sites (N-methyl/N-ethyl adjacent to an activating group) is 1. The number of benzene rings is 2. The molecule has 0 bridgehead atoms. The van der Waals surface area contributed by atoms with Crippen molar-refractivity contribution in [2.75, 3.05) is 33.2 Å². The van der Waals surface area contributed by atoms with Gasteiger partial charge in [0.2, 0.25) is 0 Å². The van der Waals surface area contributed by atoms with Gasteiger partial charge in [-0.3, -0.25) is 25.1 Å². The van der Waals surface area contributed by atoms with Crippen molar-refractivity contribution in [2.24, 2.45) is 0 Å². The minimum Gasteiger partial charge on any atom is -0.304 e. The van der Waals surface area contributed by atoms with Gasteiger partial charge in [-0.2, -0.15) is 0 Å². The van der Waals surface area contributed by atoms with E-state index in [9.17, 15) is 20.2 Å². The molecular formula is C18H22N4O4. The summed E-state index contributed by atoms with van der Waals surface area (Å²) < 4.78 is 0. The molecule has 2 aromatic carbocycles. The Labute approximate surface area is 152 Å². The molecule has 0 N–H and O–H groups in total. The molecule has 0 atom stereocenters. The molecule has 0 amide bonds. The largest absolute Gasteiger partial charge is 0.346 e. The molecule has 26 heavy (non-hydrogen) atoms. The van der Waals surface area contributed by atoms with Gasteiger partial charge in [0.15, 0.2) is 0 Å². The van der Waals surface area contributed by atoms with Crippen molar-refractivity contribution in [1.82, 2.24) is 9.80 Å². The van der Waals surface area contributed by atoms with E-state index in [1.165, 1.54) is 43.9 Å². The Kier molecular flexibility index (Phi) is 7.19. The second kappa shape index (κ2) is 9.59. The minimum atomic E-state index is -0.780. The fourth-order valence-electron chi connectivity index (χ4n) is 2.62. The van der Waals surface area contributed by atoms with Crippen LogP contribution in [0.25, 0.3) is 0 Å². The van der Waals surface area contributed by atoms with Crippen LogP contribution in [0.3, 0.4) is 0 Å². The lowest BCUT2D eigenvalue weighted by atomic mass is 10.2. The molecule has 8 heteroatoms. The molecule has 1 saturated heterocycles. The second-order valence-electron chi connectivity index (χ2n) is 6.07. The van der Waals surface area contributed by atoms with Crippen LogP contribution < -0.4 is 0 Å². The highest BCUT2D eigenvalue weighted by Gasteiger charge is 2.21. The Hall–Kier alpha value is -2.84. The Morgan fingerprint density at radius 3 is 1.73 bits per heavy atom. The molecule has 2 aromatic rings. The number of hydrogen-bond donors (Lipinski definition) is 0. The molecule has 0 radical (unpaired) electrons. The second-order valence-corrected chi connectivity index (χ2v) is 6.07. The first-order valence-electron chi connectivity index (χ1n) is 8.30. The van der Waals surface area contributed by atoms with E-state index < -0.39 is 21.2 Å². The van der Waals surface area contributed by atoms with E-state index in [2.05, 4.69) is 47.2 Å². The maximum atomic E-state index is 10.2. The topological polar surface area (TPSA) is 92.8 Å². The van der Waals surface area contributed by atoms with Crippen LogP contribution >= 0.6 is 0 Å². The van der Waals surface area contributed by atoms with E-state index in [-0.39, 0.29) is 0 Å². The van der Waals surface area contributed by atoms with Crippen molar-refractivity contribution in [1.29, 1.82) is 0 Å². The molecule has 0 spiro atoms. The first kappa shape index (κ1) is 19.5. The first-order chi connectivity index (χ1) is 12.5. The lowest BCUT2D eigenvalue weighted by molar-refractivity contribution is -0.422. The smallest absolute Gasteiger partial charge is 0.304 e. The van der Waals surface area contributed by atoms with Crippen molar-refractivity contribution in [3.63, 3.8) is 0 Å². The Morgan fingerprint density at radius 1 is 0.808 bits per heavy atom. The van der Waals surface area contributed by atoms with Gasteiger partial charge in [-0.25, -0.2) is 0 Å². The van der Waals surface area contributed by atoms with Gasteiger partial charge in [0.05, 0.1) is 9.85 Å². The Morgan fingerprint density at radius 2 is 1.27 bits per heavy atom. The van der Waals surface area contributed by atoms with Crippen LogP contribution in [-0.2, 0) is 6.54 Å². The van der Waals surface area contributed by atoms with Crippen LogP contribution in [0.15, 0.2) is 54.6 Å². The third-order valence-corrected chi connectivity index (χ3v) is 4.12. The average molecular weight is 358 g/mol. The van der Waals surface area contributed by atoms with Gasteiger partial charge < -0.3 is 4.90 Å². The summed E-state index contributed by atoms with van der Waals surface area (Å²) in [6, 6.07) is 15.7. The molecule has 138 valence electrons. The van der Waals surface area contributed by atoms with Crippen LogP contribution in [0.2, 0.25) is 0 Å². The maximum Gasteiger partial charge on any atom is 0.346 e. The number of nitro groups is 2. The maximum absolute atomic E-state index is 10.2. The van der Waals surface area contributed by atoms with Gasteiger partial charge >= 0.3 is 11.4 Å². The monoisotopic (exact) mass is 358 g/mol. The molecule has 0 unspecified atom stereocenters. The SMILES string of the molecule is CN1CCN(Cc2ccccc2)CC1.O=[N+]([O-])c1ccccc1[N+](=O)[O-]. The zero-order valence-corrected chi connectivity index (χ0v) is 14.7. The van der Waals surface area contributed by atoms with E-state index >= 15 is 0 Å². The number of hydrogen-bond acceptors (Lipinski definition) is 6. The van der Waals surface area contributed by atoms with Crippen LogP contribution in [0.4, 0.5) is 11.4 Å². The number of nitrogens with zero attached hydrogens (tertiary/aromatic N) is 4. The summed E-state index contributed by atoms with van der Waals surface area (Å²) >= 11 is 0. The predicted molar refractivity (Wildman–Crippen MR) is 99.0 cm³/mol. The quantitative estimate of drug-likeness (QED) is 0.616. The average Bonchev–Trinajstić information content (AvgIpc) is 2.65. The third-order valence-electron chi connectivity index (χ3n) is 4.12. The number of nitro benzene ring substituents is 2. The molecular weight excluding hydrogens is 336 g/mol. The standard InChI is InChI=1S/C12H18N2.C6H4N2O4/c1-13-7-9-14(10-8-13)11-12-5-3-2-4-6-12;9-7(10)5-3-1-2-4-6(5)8(11)12/h2-6H,7-11H2,1H3;1-4H. The van der Waals surface area contributed by atoms with Crippen molar-refractivity contribution < 1.29 is 9.85 Å². The van der Waals surface area contributed by atoms with Crippen molar-refractivity contribution in [2.45, 2.75) is 6.54 Å². The molecule has 0 saturated carbocycles. The molecule has 1 fully saturated rings. The highest BCUT2D eigenvalue weighted by molar-refractivity contribution is 5.51. The summed E-state index contributed by atoms with van der Waals surface area (Å²) in [5, 5.41) is 20.5. The van der Waals surface area contributed by atoms with E-state index in [1.54, 1.807) is 0 Å². The van der Waals surface area contributed by atoms with E-state index in [0.29, 0.717) is 0 Å². The fraction of sp³-hybridized carbons (Fsp3) is 0.333. The van der Waals surface area contributed by atoms with Crippen LogP contribution in [0.1, 0.15) is 5.56 Å². The van der Waals surface area contributed by atoms with Gasteiger partial charge in [-0.15, -0.1) is 0 Å². The van der Waals surface area contributed by atoms with Gasteiger partial charge in [0.1, 0.15) is 0 Å². The summed E-state index contributed by atoms with van der Waals surface area (Å²) in [5.41, 5.74) is 0.460. The van der Waals surface area contributed by atoms with Crippen LogP contribution in [0, 0.1) is 20.2 Å². The third kappa shape index (κ3) is 5.91. The summed E-state index contributed by atoms with van der Waals surface area (Å²) in [4.78, 5) is 23.8. The lowest BCUT2D eigenvalue weighted by Crippen LogP contribution is -2.43. The van der Waals surface area contributed by atoms with Crippen molar-refractivity contribution in [3.05, 3.63) is 80.4 Å². The van der Waals surface area contributed by atoms with E-state index in [4.69, 9.17) is 0 Å². The number of rotatable bonds is 4. The molecule has 1 aliphatic heterocycles. The zero-order chi connectivity index (χ0) is 18.9. The highest BCUT2D eigenvalue weighted by atomic mass is 16.6. The van der Waals surface area contributed by atoms with Gasteiger partial charge in [-0.05, 0) is 12.6 Å². The predicted octanol–water partition coefficient (Wildman–Crippen LogP) is 2.94. The minimum absolute atomic E-state index is 0.484. The molecule has 8 nitrogen and oxygen atoms in total. The first-order valence-corrected chi connectivity index (χ1v) is 8.30. The summed E-state index contributed by atoms with van der Waals surface area (Å²) in [6.45, 7) is 5.91. The van der Waals surface area contributed by atoms with E-state index in [0.717, 1.165) is 18.7 Å². The normalized spacial score (nSPS) is 15.0.